The molecule has 3 amide bonds. The number of amides is 3. The van der Waals surface area contributed by atoms with E-state index in [1.165, 1.54) is 11.0 Å². The Hall–Kier alpha value is -4.13. The summed E-state index contributed by atoms with van der Waals surface area (Å²) in [6.07, 6.45) is 0. The zero-order valence-electron chi connectivity index (χ0n) is 20.0. The Morgan fingerprint density at radius 3 is 2.63 bits per heavy atom. The minimum atomic E-state index is -0.636. The molecule has 6 nitrogen and oxygen atoms in total. The summed E-state index contributed by atoms with van der Waals surface area (Å²) < 4.78 is 19.7. The summed E-state index contributed by atoms with van der Waals surface area (Å²) in [7, 11) is 0. The van der Waals surface area contributed by atoms with Crippen molar-refractivity contribution in [2.45, 2.75) is 32.9 Å². The third kappa shape index (κ3) is 5.35. The lowest BCUT2D eigenvalue weighted by Gasteiger charge is -2.30. The van der Waals surface area contributed by atoms with Crippen LogP contribution in [0.1, 0.15) is 37.5 Å². The van der Waals surface area contributed by atoms with Crippen LogP contribution in [0, 0.1) is 5.82 Å². The molecule has 1 aliphatic heterocycles. The van der Waals surface area contributed by atoms with Crippen LogP contribution in [0.3, 0.4) is 0 Å². The third-order valence-electron chi connectivity index (χ3n) is 5.95. The lowest BCUT2D eigenvalue weighted by atomic mass is 9.92. The number of fused-ring (bicyclic) bond motifs is 1. The zero-order chi connectivity index (χ0) is 25.2. The maximum absolute atomic E-state index is 14.1. The summed E-state index contributed by atoms with van der Waals surface area (Å²) >= 11 is 0. The lowest BCUT2D eigenvalue weighted by Crippen LogP contribution is -2.43. The van der Waals surface area contributed by atoms with Gasteiger partial charge in [-0.25, -0.2) is 9.18 Å². The van der Waals surface area contributed by atoms with Crippen LogP contribution in [0.5, 0.6) is 5.75 Å². The molecule has 3 aromatic carbocycles. The Bertz CT molecular complexity index is 1300. The molecule has 0 unspecified atom stereocenters. The summed E-state index contributed by atoms with van der Waals surface area (Å²) in [5, 5.41) is 5.82. The van der Waals surface area contributed by atoms with E-state index in [-0.39, 0.29) is 30.9 Å². The molecule has 0 radical (unpaired) electrons. The molecule has 1 aliphatic rings. The topological polar surface area (TPSA) is 70.7 Å². The van der Waals surface area contributed by atoms with Crippen molar-refractivity contribution in [3.8, 4) is 5.75 Å². The molecule has 3 aromatic rings. The number of benzene rings is 3. The molecule has 4 rings (SSSR count). The van der Waals surface area contributed by atoms with Crippen LogP contribution in [0.25, 0.3) is 5.57 Å². The predicted octanol–water partition coefficient (Wildman–Crippen LogP) is 5.84. The predicted molar refractivity (Wildman–Crippen MR) is 136 cm³/mol. The monoisotopic (exact) mass is 473 g/mol. The second-order valence-electron chi connectivity index (χ2n) is 9.11. The molecule has 0 spiro atoms. The van der Waals surface area contributed by atoms with Gasteiger partial charge in [0.1, 0.15) is 11.6 Å². The molecular formula is C28H28FN3O3. The van der Waals surface area contributed by atoms with Gasteiger partial charge in [-0.3, -0.25) is 4.79 Å². The first-order valence-corrected chi connectivity index (χ1v) is 11.3. The van der Waals surface area contributed by atoms with E-state index in [1.54, 1.807) is 36.4 Å². The van der Waals surface area contributed by atoms with E-state index >= 15 is 0 Å². The Kier molecular flexibility index (Phi) is 6.60. The van der Waals surface area contributed by atoms with Crippen molar-refractivity contribution in [3.05, 3.63) is 95.8 Å². The quantitative estimate of drug-likeness (QED) is 0.472. The van der Waals surface area contributed by atoms with Gasteiger partial charge in [0.05, 0.1) is 17.8 Å². The maximum atomic E-state index is 14.1. The zero-order valence-corrected chi connectivity index (χ0v) is 20.0. The normalized spacial score (nSPS) is 13.0. The average Bonchev–Trinajstić information content (AvgIpc) is 2.82. The highest BCUT2D eigenvalue weighted by molar-refractivity contribution is 5.99. The number of rotatable bonds is 6. The number of carbonyl (C=O) groups excluding carboxylic acids is 2. The first kappa shape index (κ1) is 24.0. The molecule has 0 saturated heterocycles. The summed E-state index contributed by atoms with van der Waals surface area (Å²) in [6.45, 7) is 9.70. The molecular weight excluding hydrogens is 445 g/mol. The van der Waals surface area contributed by atoms with E-state index < -0.39 is 5.54 Å². The maximum Gasteiger partial charge on any atom is 0.319 e. The van der Waals surface area contributed by atoms with Crippen molar-refractivity contribution >= 4 is 28.9 Å². The fraction of sp³-hybridized carbons (Fsp3) is 0.214. The number of hydrogen-bond acceptors (Lipinski definition) is 3. The second kappa shape index (κ2) is 9.62. The van der Waals surface area contributed by atoms with E-state index in [2.05, 4.69) is 17.2 Å². The summed E-state index contributed by atoms with van der Waals surface area (Å²) in [6, 6.07) is 18.9. The molecule has 0 bridgehead atoms. The summed E-state index contributed by atoms with van der Waals surface area (Å²) in [5.41, 5.74) is 3.71. The highest BCUT2D eigenvalue weighted by Crippen LogP contribution is 2.36. The van der Waals surface area contributed by atoms with Crippen LogP contribution < -0.4 is 20.3 Å². The lowest BCUT2D eigenvalue weighted by molar-refractivity contribution is -0.121. The van der Waals surface area contributed by atoms with Gasteiger partial charge in [0.15, 0.2) is 6.61 Å². The minimum absolute atomic E-state index is 0.0898. The van der Waals surface area contributed by atoms with Crippen molar-refractivity contribution < 1.29 is 18.7 Å². The Morgan fingerprint density at radius 1 is 1.11 bits per heavy atom. The van der Waals surface area contributed by atoms with Crippen LogP contribution >= 0.6 is 0 Å². The van der Waals surface area contributed by atoms with E-state index in [0.717, 1.165) is 16.7 Å². The number of carbonyl (C=O) groups is 2. The van der Waals surface area contributed by atoms with Crippen molar-refractivity contribution in [1.29, 1.82) is 0 Å². The average molecular weight is 474 g/mol. The van der Waals surface area contributed by atoms with Crippen LogP contribution in [-0.4, -0.2) is 18.5 Å². The van der Waals surface area contributed by atoms with Gasteiger partial charge in [-0.2, -0.15) is 0 Å². The van der Waals surface area contributed by atoms with Crippen molar-refractivity contribution in [2.75, 3.05) is 16.8 Å². The van der Waals surface area contributed by atoms with Gasteiger partial charge in [0.2, 0.25) is 0 Å². The Morgan fingerprint density at radius 2 is 1.89 bits per heavy atom. The van der Waals surface area contributed by atoms with Gasteiger partial charge in [0.25, 0.3) is 5.91 Å². The van der Waals surface area contributed by atoms with Crippen LogP contribution in [0.2, 0.25) is 0 Å². The molecule has 0 aliphatic carbocycles. The molecule has 7 heteroatoms. The third-order valence-corrected chi connectivity index (χ3v) is 5.95. The first-order chi connectivity index (χ1) is 16.6. The number of nitrogens with one attached hydrogen (secondary N) is 2. The molecule has 2 N–H and O–H groups in total. The van der Waals surface area contributed by atoms with Gasteiger partial charge in [0, 0.05) is 17.3 Å². The summed E-state index contributed by atoms with van der Waals surface area (Å²) in [4.78, 5) is 26.8. The fourth-order valence-electron chi connectivity index (χ4n) is 3.94. The largest absolute Gasteiger partial charge is 0.481 e. The Labute approximate surface area is 204 Å². The molecule has 0 fully saturated rings. The smallest absolute Gasteiger partial charge is 0.319 e. The molecule has 0 saturated carbocycles. The Balaban J connectivity index is 1.49. The van der Waals surface area contributed by atoms with Crippen LogP contribution in [0.4, 0.5) is 20.6 Å². The number of ether oxygens (including phenoxy) is 1. The molecule has 180 valence electrons. The summed E-state index contributed by atoms with van der Waals surface area (Å²) in [5.74, 6) is -0.204. The molecule has 35 heavy (non-hydrogen) atoms. The van der Waals surface area contributed by atoms with Gasteiger partial charge in [-0.05, 0) is 56.2 Å². The fourth-order valence-corrected chi connectivity index (χ4v) is 3.94. The SMILES string of the molecule is C=C(C)c1cccc(C(C)(C)NC(=O)Nc2ccc3c(c2)OCC(=O)N3Cc2ccccc2F)c1. The van der Waals surface area contributed by atoms with E-state index in [9.17, 15) is 14.0 Å². The van der Waals surface area contributed by atoms with Crippen molar-refractivity contribution in [2.24, 2.45) is 0 Å². The van der Waals surface area contributed by atoms with E-state index in [1.807, 2.05) is 45.0 Å². The van der Waals surface area contributed by atoms with Gasteiger partial charge in [-0.1, -0.05) is 48.6 Å². The highest BCUT2D eigenvalue weighted by atomic mass is 19.1. The van der Waals surface area contributed by atoms with E-state index in [4.69, 9.17) is 4.74 Å². The molecule has 0 atom stereocenters. The number of halogens is 1. The number of allylic oxidation sites excluding steroid dienone is 1. The number of anilines is 2. The van der Waals surface area contributed by atoms with Crippen molar-refractivity contribution in [3.63, 3.8) is 0 Å². The van der Waals surface area contributed by atoms with Gasteiger partial charge >= 0.3 is 6.03 Å². The molecule has 0 aromatic heterocycles. The van der Waals surface area contributed by atoms with Crippen LogP contribution in [0.15, 0.2) is 73.3 Å². The van der Waals surface area contributed by atoms with Crippen molar-refractivity contribution in [1.82, 2.24) is 5.32 Å². The highest BCUT2D eigenvalue weighted by Gasteiger charge is 2.27. The van der Waals surface area contributed by atoms with Crippen LogP contribution in [-0.2, 0) is 16.9 Å². The first-order valence-electron chi connectivity index (χ1n) is 11.3. The number of nitrogens with zero attached hydrogens (tertiary/aromatic N) is 1. The second-order valence-corrected chi connectivity index (χ2v) is 9.11. The molecule has 1 heterocycles. The minimum Gasteiger partial charge on any atom is -0.481 e. The van der Waals surface area contributed by atoms with Gasteiger partial charge in [-0.15, -0.1) is 0 Å². The standard InChI is InChI=1S/C28H28FN3O3/c1-18(2)19-9-7-10-21(14-19)28(3,4)31-27(34)30-22-12-13-24-25(15-22)35-17-26(33)32(24)16-20-8-5-6-11-23(20)29/h5-15H,1,16-17H2,2-4H3,(H2,30,31,34). The number of hydrogen-bond donors (Lipinski definition) is 2. The van der Waals surface area contributed by atoms with Gasteiger partial charge < -0.3 is 20.3 Å². The number of urea groups is 1. The van der Waals surface area contributed by atoms with E-state index in [0.29, 0.717) is 22.7 Å².